The molecule has 0 unspecified atom stereocenters. The van der Waals surface area contributed by atoms with Crippen molar-refractivity contribution in [3.05, 3.63) is 47.2 Å². The fraction of sp³-hybridized carbons (Fsp3) is 0.294. The number of amides is 1. The number of pyridine rings is 1. The Balaban J connectivity index is 2.16. The molecule has 1 aromatic carbocycles. The van der Waals surface area contributed by atoms with Crippen molar-refractivity contribution in [3.63, 3.8) is 0 Å². The van der Waals surface area contributed by atoms with Gasteiger partial charge in [-0.1, -0.05) is 6.07 Å². The van der Waals surface area contributed by atoms with Crippen LogP contribution in [-0.2, 0) is 11.2 Å². The summed E-state index contributed by atoms with van der Waals surface area (Å²) < 4.78 is 10.5. The number of anilines is 1. The number of hydrogen-bond donors (Lipinski definition) is 1. The number of nitrogens with one attached hydrogen (secondary N) is 1. The van der Waals surface area contributed by atoms with Gasteiger partial charge in [0.15, 0.2) is 11.5 Å². The first-order valence-corrected chi connectivity index (χ1v) is 6.98. The SMILES string of the molecule is COc1cc(C)c(CC(=O)Nc2ncccc2C)cc1OC. The summed E-state index contributed by atoms with van der Waals surface area (Å²) in [6.45, 7) is 3.85. The zero-order chi connectivity index (χ0) is 16.1. The van der Waals surface area contributed by atoms with Crippen LogP contribution in [-0.4, -0.2) is 25.1 Å². The number of aromatic nitrogens is 1. The maximum Gasteiger partial charge on any atom is 0.229 e. The molecule has 1 aromatic heterocycles. The van der Waals surface area contributed by atoms with Crippen molar-refractivity contribution in [2.45, 2.75) is 20.3 Å². The summed E-state index contributed by atoms with van der Waals surface area (Å²) in [5.74, 6) is 1.75. The molecule has 116 valence electrons. The third-order valence-corrected chi connectivity index (χ3v) is 3.46. The molecule has 0 aliphatic rings. The lowest BCUT2D eigenvalue weighted by Crippen LogP contribution is -2.16. The van der Waals surface area contributed by atoms with Crippen LogP contribution in [0.2, 0.25) is 0 Å². The summed E-state index contributed by atoms with van der Waals surface area (Å²) in [6, 6.07) is 7.44. The number of hydrogen-bond acceptors (Lipinski definition) is 4. The lowest BCUT2D eigenvalue weighted by Gasteiger charge is -2.13. The molecule has 5 nitrogen and oxygen atoms in total. The zero-order valence-corrected chi connectivity index (χ0v) is 13.3. The van der Waals surface area contributed by atoms with Crippen molar-refractivity contribution in [2.24, 2.45) is 0 Å². The standard InChI is InChI=1S/C17H20N2O3/c1-11-6-5-7-18-17(11)19-16(20)10-13-9-15(22-4)14(21-3)8-12(13)2/h5-9H,10H2,1-4H3,(H,18,19,20). The van der Waals surface area contributed by atoms with Gasteiger partial charge in [0.05, 0.1) is 20.6 Å². The number of carbonyl (C=O) groups is 1. The molecule has 0 aliphatic heterocycles. The Labute approximate surface area is 130 Å². The van der Waals surface area contributed by atoms with Crippen LogP contribution in [0.5, 0.6) is 11.5 Å². The predicted octanol–water partition coefficient (Wildman–Crippen LogP) is 2.90. The molecule has 1 amide bonds. The van der Waals surface area contributed by atoms with Crippen LogP contribution in [0.1, 0.15) is 16.7 Å². The van der Waals surface area contributed by atoms with Crippen LogP contribution in [0.15, 0.2) is 30.5 Å². The Hall–Kier alpha value is -2.56. The van der Waals surface area contributed by atoms with Gasteiger partial charge in [0.2, 0.25) is 5.91 Å². The van der Waals surface area contributed by atoms with E-state index >= 15 is 0 Å². The molecule has 0 atom stereocenters. The third-order valence-electron chi connectivity index (χ3n) is 3.46. The topological polar surface area (TPSA) is 60.5 Å². The molecule has 0 bridgehead atoms. The lowest BCUT2D eigenvalue weighted by molar-refractivity contribution is -0.115. The molecule has 0 aliphatic carbocycles. The number of rotatable bonds is 5. The second kappa shape index (κ2) is 6.93. The maximum atomic E-state index is 12.2. The molecule has 0 spiro atoms. The summed E-state index contributed by atoms with van der Waals surface area (Å²) in [4.78, 5) is 16.4. The zero-order valence-electron chi connectivity index (χ0n) is 13.3. The third kappa shape index (κ3) is 3.55. The number of nitrogens with zero attached hydrogens (tertiary/aromatic N) is 1. The van der Waals surface area contributed by atoms with Gasteiger partial charge in [0.1, 0.15) is 5.82 Å². The van der Waals surface area contributed by atoms with Gasteiger partial charge >= 0.3 is 0 Å². The lowest BCUT2D eigenvalue weighted by atomic mass is 10.0. The molecule has 0 fully saturated rings. The minimum Gasteiger partial charge on any atom is -0.493 e. The molecule has 1 heterocycles. The maximum absolute atomic E-state index is 12.2. The average molecular weight is 300 g/mol. The van der Waals surface area contributed by atoms with Crippen LogP contribution in [0, 0.1) is 13.8 Å². The number of ether oxygens (including phenoxy) is 2. The number of aryl methyl sites for hydroxylation is 2. The van der Waals surface area contributed by atoms with Gasteiger partial charge < -0.3 is 14.8 Å². The molecule has 0 saturated carbocycles. The monoisotopic (exact) mass is 300 g/mol. The highest BCUT2D eigenvalue weighted by atomic mass is 16.5. The van der Waals surface area contributed by atoms with Crippen molar-refractivity contribution < 1.29 is 14.3 Å². The van der Waals surface area contributed by atoms with Crippen molar-refractivity contribution in [1.82, 2.24) is 4.98 Å². The predicted molar refractivity (Wildman–Crippen MR) is 85.6 cm³/mol. The fourth-order valence-electron chi connectivity index (χ4n) is 2.18. The summed E-state index contributed by atoms with van der Waals surface area (Å²) in [6.07, 6.45) is 1.91. The van der Waals surface area contributed by atoms with E-state index < -0.39 is 0 Å². The highest BCUT2D eigenvalue weighted by Crippen LogP contribution is 2.30. The fourth-order valence-corrected chi connectivity index (χ4v) is 2.18. The highest BCUT2D eigenvalue weighted by Gasteiger charge is 2.12. The van der Waals surface area contributed by atoms with Crippen LogP contribution >= 0.6 is 0 Å². The van der Waals surface area contributed by atoms with Crippen LogP contribution in [0.3, 0.4) is 0 Å². The molecular formula is C17H20N2O3. The number of benzene rings is 1. The highest BCUT2D eigenvalue weighted by molar-refractivity contribution is 5.92. The van der Waals surface area contributed by atoms with Gasteiger partial charge in [-0.2, -0.15) is 0 Å². The second-order valence-electron chi connectivity index (χ2n) is 5.03. The van der Waals surface area contributed by atoms with E-state index in [1.807, 2.05) is 38.1 Å². The number of methoxy groups -OCH3 is 2. The molecule has 2 rings (SSSR count). The molecule has 5 heteroatoms. The van der Waals surface area contributed by atoms with E-state index in [0.29, 0.717) is 17.3 Å². The van der Waals surface area contributed by atoms with Crippen LogP contribution in [0.4, 0.5) is 5.82 Å². The Kier molecular flexibility index (Phi) is 4.99. The van der Waals surface area contributed by atoms with Gasteiger partial charge in [-0.3, -0.25) is 4.79 Å². The summed E-state index contributed by atoms with van der Waals surface area (Å²) in [7, 11) is 3.17. The minimum absolute atomic E-state index is 0.114. The second-order valence-corrected chi connectivity index (χ2v) is 5.03. The summed E-state index contributed by atoms with van der Waals surface area (Å²) in [5, 5.41) is 2.83. The molecule has 22 heavy (non-hydrogen) atoms. The summed E-state index contributed by atoms with van der Waals surface area (Å²) in [5.41, 5.74) is 2.80. The smallest absolute Gasteiger partial charge is 0.229 e. The van der Waals surface area contributed by atoms with Gasteiger partial charge in [0, 0.05) is 6.20 Å². The van der Waals surface area contributed by atoms with Crippen molar-refractivity contribution in [3.8, 4) is 11.5 Å². The molecule has 0 saturated heterocycles. The van der Waals surface area contributed by atoms with E-state index in [0.717, 1.165) is 16.7 Å². The van der Waals surface area contributed by atoms with Gasteiger partial charge in [-0.05, 0) is 48.7 Å². The van der Waals surface area contributed by atoms with Gasteiger partial charge in [-0.15, -0.1) is 0 Å². The van der Waals surface area contributed by atoms with Gasteiger partial charge in [0.25, 0.3) is 0 Å². The first-order valence-electron chi connectivity index (χ1n) is 6.98. The summed E-state index contributed by atoms with van der Waals surface area (Å²) >= 11 is 0. The molecule has 1 N–H and O–H groups in total. The quantitative estimate of drug-likeness (QED) is 0.922. The Bertz CT molecular complexity index is 684. The first kappa shape index (κ1) is 15.8. The Morgan fingerprint density at radius 2 is 1.82 bits per heavy atom. The molecule has 0 radical (unpaired) electrons. The van der Waals surface area contributed by atoms with E-state index in [9.17, 15) is 4.79 Å². The van der Waals surface area contributed by atoms with E-state index in [1.54, 1.807) is 20.4 Å². The van der Waals surface area contributed by atoms with E-state index in [-0.39, 0.29) is 12.3 Å². The number of carbonyl (C=O) groups excluding carboxylic acids is 1. The molecule has 2 aromatic rings. The van der Waals surface area contributed by atoms with Crippen LogP contribution in [0.25, 0.3) is 0 Å². The van der Waals surface area contributed by atoms with Gasteiger partial charge in [-0.25, -0.2) is 4.98 Å². The largest absolute Gasteiger partial charge is 0.493 e. The van der Waals surface area contributed by atoms with Crippen molar-refractivity contribution in [1.29, 1.82) is 0 Å². The Morgan fingerprint density at radius 3 is 2.45 bits per heavy atom. The first-order chi connectivity index (χ1) is 10.5. The van der Waals surface area contributed by atoms with E-state index in [4.69, 9.17) is 9.47 Å². The van der Waals surface area contributed by atoms with E-state index in [1.165, 1.54) is 0 Å². The van der Waals surface area contributed by atoms with Crippen molar-refractivity contribution >= 4 is 11.7 Å². The van der Waals surface area contributed by atoms with E-state index in [2.05, 4.69) is 10.3 Å². The van der Waals surface area contributed by atoms with Crippen LogP contribution < -0.4 is 14.8 Å². The normalized spacial score (nSPS) is 10.2. The average Bonchev–Trinajstić information content (AvgIpc) is 2.51. The van der Waals surface area contributed by atoms with Crippen molar-refractivity contribution in [2.75, 3.05) is 19.5 Å². The molecular weight excluding hydrogens is 280 g/mol. The Morgan fingerprint density at radius 1 is 1.14 bits per heavy atom. The minimum atomic E-state index is -0.114.